The zero-order chi connectivity index (χ0) is 14.6. The molecule has 19 heavy (non-hydrogen) atoms. The van der Waals surface area contributed by atoms with E-state index in [1.54, 1.807) is 0 Å². The topological polar surface area (TPSA) is 61.3 Å². The molecule has 0 aliphatic carbocycles. The average Bonchev–Trinajstić information content (AvgIpc) is 2.34. The molecule has 0 spiro atoms. The molecule has 0 saturated heterocycles. The van der Waals surface area contributed by atoms with Crippen LogP contribution in [0.5, 0.6) is 5.75 Å². The van der Waals surface area contributed by atoms with E-state index in [1.165, 1.54) is 0 Å². The molecular formula is C15H25ClN2O. The second-order valence-corrected chi connectivity index (χ2v) is 6.22. The fourth-order valence-electron chi connectivity index (χ4n) is 1.81. The van der Waals surface area contributed by atoms with Crippen molar-refractivity contribution in [1.82, 2.24) is 0 Å². The molecule has 4 N–H and O–H groups in total. The molecule has 4 heteroatoms. The Morgan fingerprint density at radius 3 is 2.42 bits per heavy atom. The van der Waals surface area contributed by atoms with Gasteiger partial charge in [-0.25, -0.2) is 0 Å². The lowest BCUT2D eigenvalue weighted by Crippen LogP contribution is -2.23. The third-order valence-electron chi connectivity index (χ3n) is 3.04. The summed E-state index contributed by atoms with van der Waals surface area (Å²) in [6, 6.07) is 3.76. The van der Waals surface area contributed by atoms with Crippen LogP contribution in [0.25, 0.3) is 0 Å². The summed E-state index contributed by atoms with van der Waals surface area (Å²) in [7, 11) is 0. The zero-order valence-electron chi connectivity index (χ0n) is 12.3. The molecule has 1 atom stereocenters. The summed E-state index contributed by atoms with van der Waals surface area (Å²) in [6.07, 6.45) is 0.925. The number of ether oxygens (including phenoxy) is 1. The Hall–Kier alpha value is -0.770. The van der Waals surface area contributed by atoms with Crippen LogP contribution in [0, 0.1) is 0 Å². The quantitative estimate of drug-likeness (QED) is 0.871. The molecule has 1 aromatic rings. The van der Waals surface area contributed by atoms with Gasteiger partial charge in [0, 0.05) is 18.2 Å². The van der Waals surface area contributed by atoms with Crippen LogP contribution in [0.4, 0.5) is 0 Å². The lowest BCUT2D eigenvalue weighted by Gasteiger charge is -2.24. The second-order valence-electron chi connectivity index (χ2n) is 5.82. The Balaban J connectivity index is 3.30. The van der Waals surface area contributed by atoms with Gasteiger partial charge in [0.1, 0.15) is 5.75 Å². The van der Waals surface area contributed by atoms with Crippen molar-refractivity contribution in [2.45, 2.75) is 45.6 Å². The maximum atomic E-state index is 6.36. The minimum absolute atomic E-state index is 0.00992. The van der Waals surface area contributed by atoms with Gasteiger partial charge in [-0.15, -0.1) is 0 Å². The molecule has 1 aromatic carbocycles. The van der Waals surface area contributed by atoms with E-state index in [1.807, 2.05) is 6.07 Å². The fourth-order valence-corrected chi connectivity index (χ4v) is 2.09. The highest BCUT2D eigenvalue weighted by Gasteiger charge is 2.21. The summed E-state index contributed by atoms with van der Waals surface area (Å²) >= 11 is 6.36. The van der Waals surface area contributed by atoms with Crippen molar-refractivity contribution >= 4 is 11.6 Å². The minimum atomic E-state index is -0.258. The van der Waals surface area contributed by atoms with E-state index in [2.05, 4.69) is 33.8 Å². The number of nitrogens with two attached hydrogens (primary N) is 2. The number of halogens is 1. The maximum Gasteiger partial charge on any atom is 0.142 e. The number of hydrogen-bond donors (Lipinski definition) is 2. The largest absolute Gasteiger partial charge is 0.492 e. The Labute approximate surface area is 121 Å². The average molecular weight is 285 g/mol. The molecule has 0 heterocycles. The first-order valence-corrected chi connectivity index (χ1v) is 7.11. The van der Waals surface area contributed by atoms with Gasteiger partial charge >= 0.3 is 0 Å². The first-order valence-electron chi connectivity index (χ1n) is 6.73. The van der Waals surface area contributed by atoms with Crippen LogP contribution in [-0.2, 0) is 5.41 Å². The van der Waals surface area contributed by atoms with Gasteiger partial charge in [-0.3, -0.25) is 0 Å². The number of hydrogen-bond acceptors (Lipinski definition) is 3. The van der Waals surface area contributed by atoms with E-state index in [4.69, 9.17) is 27.8 Å². The van der Waals surface area contributed by atoms with Crippen molar-refractivity contribution in [3.63, 3.8) is 0 Å². The summed E-state index contributed by atoms with van der Waals surface area (Å²) in [5, 5.41) is 0.611. The van der Waals surface area contributed by atoms with Crippen molar-refractivity contribution in [3.05, 3.63) is 28.3 Å². The SMILES string of the molecule is CCCOc1c(Cl)cc(C(C)(C)C)cc1C(N)CN. The van der Waals surface area contributed by atoms with E-state index in [-0.39, 0.29) is 11.5 Å². The molecule has 3 nitrogen and oxygen atoms in total. The fraction of sp³-hybridized carbons (Fsp3) is 0.600. The van der Waals surface area contributed by atoms with Crippen LogP contribution < -0.4 is 16.2 Å². The second kappa shape index (κ2) is 6.60. The molecule has 1 unspecified atom stereocenters. The highest BCUT2D eigenvalue weighted by atomic mass is 35.5. The highest BCUT2D eigenvalue weighted by Crippen LogP contribution is 2.37. The molecule has 0 amide bonds. The Morgan fingerprint density at radius 2 is 1.95 bits per heavy atom. The van der Waals surface area contributed by atoms with Gasteiger partial charge in [-0.2, -0.15) is 0 Å². The monoisotopic (exact) mass is 284 g/mol. The standard InChI is InChI=1S/C15H25ClN2O/c1-5-6-19-14-11(13(18)9-17)7-10(8-12(14)16)15(2,3)4/h7-8,13H,5-6,9,17-18H2,1-4H3. The number of rotatable bonds is 5. The van der Waals surface area contributed by atoms with Crippen LogP contribution >= 0.6 is 11.6 Å². The molecule has 0 radical (unpaired) electrons. The van der Waals surface area contributed by atoms with Gasteiger partial charge in [0.05, 0.1) is 11.6 Å². The summed E-state index contributed by atoms with van der Waals surface area (Å²) in [6.45, 7) is 9.47. The molecular weight excluding hydrogens is 260 g/mol. The van der Waals surface area contributed by atoms with E-state index >= 15 is 0 Å². The molecule has 0 aliphatic rings. The molecule has 108 valence electrons. The van der Waals surface area contributed by atoms with Gasteiger partial charge in [0.15, 0.2) is 0 Å². The first kappa shape index (κ1) is 16.3. The lowest BCUT2D eigenvalue weighted by atomic mass is 9.85. The van der Waals surface area contributed by atoms with E-state index < -0.39 is 0 Å². The molecule has 0 fully saturated rings. The summed E-state index contributed by atoms with van der Waals surface area (Å²) < 4.78 is 5.74. The Bertz CT molecular complexity index is 427. The van der Waals surface area contributed by atoms with Gasteiger partial charge < -0.3 is 16.2 Å². The van der Waals surface area contributed by atoms with E-state index in [9.17, 15) is 0 Å². The van der Waals surface area contributed by atoms with E-state index in [0.717, 1.165) is 17.5 Å². The Kier molecular flexibility index (Phi) is 5.65. The van der Waals surface area contributed by atoms with Crippen molar-refractivity contribution < 1.29 is 4.74 Å². The van der Waals surface area contributed by atoms with Gasteiger partial charge in [0.25, 0.3) is 0 Å². The molecule has 0 aliphatic heterocycles. The predicted molar refractivity (Wildman–Crippen MR) is 81.9 cm³/mol. The van der Waals surface area contributed by atoms with Crippen LogP contribution in [0.2, 0.25) is 5.02 Å². The number of benzene rings is 1. The van der Waals surface area contributed by atoms with Crippen LogP contribution in [-0.4, -0.2) is 13.2 Å². The van der Waals surface area contributed by atoms with E-state index in [0.29, 0.717) is 23.9 Å². The maximum absolute atomic E-state index is 6.36. The summed E-state index contributed by atoms with van der Waals surface area (Å²) in [5.41, 5.74) is 13.8. The third-order valence-corrected chi connectivity index (χ3v) is 3.32. The van der Waals surface area contributed by atoms with Crippen molar-refractivity contribution in [2.24, 2.45) is 11.5 Å². The molecule has 0 bridgehead atoms. The van der Waals surface area contributed by atoms with Crippen LogP contribution in [0.1, 0.15) is 51.3 Å². The minimum Gasteiger partial charge on any atom is -0.492 e. The predicted octanol–water partition coefficient (Wildman–Crippen LogP) is 3.38. The molecule has 1 rings (SSSR count). The lowest BCUT2D eigenvalue weighted by molar-refractivity contribution is 0.312. The summed E-state index contributed by atoms with van der Waals surface area (Å²) in [5.74, 6) is 0.675. The molecule has 0 aromatic heterocycles. The molecule has 0 saturated carbocycles. The van der Waals surface area contributed by atoms with Crippen molar-refractivity contribution in [1.29, 1.82) is 0 Å². The zero-order valence-corrected chi connectivity index (χ0v) is 13.1. The third kappa shape index (κ3) is 4.10. The highest BCUT2D eigenvalue weighted by molar-refractivity contribution is 6.32. The van der Waals surface area contributed by atoms with Gasteiger partial charge in [-0.05, 0) is 29.5 Å². The summed E-state index contributed by atoms with van der Waals surface area (Å²) in [4.78, 5) is 0. The van der Waals surface area contributed by atoms with Gasteiger partial charge in [-0.1, -0.05) is 39.3 Å². The van der Waals surface area contributed by atoms with Crippen molar-refractivity contribution in [2.75, 3.05) is 13.2 Å². The first-order chi connectivity index (χ1) is 8.81. The van der Waals surface area contributed by atoms with Crippen LogP contribution in [0.3, 0.4) is 0 Å². The van der Waals surface area contributed by atoms with Crippen LogP contribution in [0.15, 0.2) is 12.1 Å². The normalized spacial score (nSPS) is 13.4. The van der Waals surface area contributed by atoms with Crippen molar-refractivity contribution in [3.8, 4) is 5.75 Å². The van der Waals surface area contributed by atoms with Gasteiger partial charge in [0.2, 0.25) is 0 Å². The smallest absolute Gasteiger partial charge is 0.142 e. The Morgan fingerprint density at radius 1 is 1.32 bits per heavy atom.